The van der Waals surface area contributed by atoms with E-state index in [9.17, 15) is 4.79 Å². The molecule has 1 aliphatic carbocycles. The Hall–Kier alpha value is -3.28. The minimum absolute atomic E-state index is 0.0138. The third kappa shape index (κ3) is 4.58. The maximum Gasteiger partial charge on any atom is 0.407 e. The number of carbonyl (C=O) groups is 1. The largest absolute Gasteiger partial charge is 0.472 e. The van der Waals surface area contributed by atoms with Gasteiger partial charge in [-0.05, 0) is 6.92 Å². The first-order valence-electron chi connectivity index (χ1n) is 9.95. The number of carbonyl (C=O) groups excluding carboxylic acids is 1. The quantitative estimate of drug-likeness (QED) is 0.706. The minimum atomic E-state index is -0.706. The van der Waals surface area contributed by atoms with E-state index in [4.69, 9.17) is 15.2 Å². The van der Waals surface area contributed by atoms with Gasteiger partial charge in [0.1, 0.15) is 11.8 Å². The first-order chi connectivity index (χ1) is 14.9. The number of ether oxygens (including phenoxy) is 3. The first-order valence-corrected chi connectivity index (χ1v) is 9.95. The fourth-order valence-corrected chi connectivity index (χ4v) is 3.46. The summed E-state index contributed by atoms with van der Waals surface area (Å²) in [6.07, 6.45) is 3.04. The second kappa shape index (κ2) is 8.84. The molecule has 0 bridgehead atoms. The SMILES string of the molecule is COC(=O)NC1CC(Oc2nc(N3CCOC[C@@H]3C)nc(-c3cnc(N)nc3)c2F)C1. The lowest BCUT2D eigenvalue weighted by Gasteiger charge is -2.36. The zero-order valence-corrected chi connectivity index (χ0v) is 17.2. The molecule has 2 fully saturated rings. The van der Waals surface area contributed by atoms with Crippen molar-refractivity contribution in [2.45, 2.75) is 38.0 Å². The minimum Gasteiger partial charge on any atom is -0.472 e. The van der Waals surface area contributed by atoms with Gasteiger partial charge in [-0.3, -0.25) is 0 Å². The van der Waals surface area contributed by atoms with Gasteiger partial charge in [0.2, 0.25) is 17.7 Å². The lowest BCUT2D eigenvalue weighted by molar-refractivity contribution is 0.0722. The molecule has 166 valence electrons. The maximum atomic E-state index is 15.3. The van der Waals surface area contributed by atoms with E-state index in [0.29, 0.717) is 44.1 Å². The van der Waals surface area contributed by atoms with Gasteiger partial charge in [-0.2, -0.15) is 9.37 Å². The number of rotatable bonds is 5. The zero-order valence-electron chi connectivity index (χ0n) is 17.2. The summed E-state index contributed by atoms with van der Waals surface area (Å²) >= 11 is 0. The number of nitrogens with one attached hydrogen (secondary N) is 1. The van der Waals surface area contributed by atoms with Gasteiger partial charge in [0.05, 0.1) is 26.4 Å². The summed E-state index contributed by atoms with van der Waals surface area (Å²) in [5, 5.41) is 2.69. The van der Waals surface area contributed by atoms with Gasteiger partial charge in [-0.25, -0.2) is 19.7 Å². The van der Waals surface area contributed by atoms with Crippen molar-refractivity contribution >= 4 is 18.0 Å². The number of hydrogen-bond acceptors (Lipinski definition) is 10. The molecule has 31 heavy (non-hydrogen) atoms. The summed E-state index contributed by atoms with van der Waals surface area (Å²) in [6, 6.07) is -0.0778. The molecule has 3 heterocycles. The monoisotopic (exact) mass is 433 g/mol. The van der Waals surface area contributed by atoms with E-state index in [1.54, 1.807) is 0 Å². The Morgan fingerprint density at radius 1 is 1.32 bits per heavy atom. The van der Waals surface area contributed by atoms with Gasteiger partial charge in [0, 0.05) is 43.4 Å². The Labute approximate surface area is 178 Å². The third-order valence-electron chi connectivity index (χ3n) is 5.26. The molecule has 11 nitrogen and oxygen atoms in total. The van der Waals surface area contributed by atoms with Crippen LogP contribution >= 0.6 is 0 Å². The van der Waals surface area contributed by atoms with Crippen LogP contribution < -0.4 is 20.7 Å². The van der Waals surface area contributed by atoms with Crippen molar-refractivity contribution in [1.82, 2.24) is 25.3 Å². The van der Waals surface area contributed by atoms with Crippen LogP contribution in [0.3, 0.4) is 0 Å². The van der Waals surface area contributed by atoms with Crippen molar-refractivity contribution in [3.63, 3.8) is 0 Å². The van der Waals surface area contributed by atoms with E-state index < -0.39 is 11.9 Å². The summed E-state index contributed by atoms with van der Waals surface area (Å²) < 4.78 is 31.2. The number of halogens is 1. The summed E-state index contributed by atoms with van der Waals surface area (Å²) in [5.41, 5.74) is 5.94. The number of morpholine rings is 1. The average molecular weight is 433 g/mol. The molecule has 0 spiro atoms. The Morgan fingerprint density at radius 3 is 2.74 bits per heavy atom. The second-order valence-corrected chi connectivity index (χ2v) is 7.48. The number of aromatic nitrogens is 4. The lowest BCUT2D eigenvalue weighted by atomic mass is 9.89. The Bertz CT molecular complexity index is 940. The summed E-state index contributed by atoms with van der Waals surface area (Å²) in [4.78, 5) is 29.9. The van der Waals surface area contributed by atoms with E-state index in [1.165, 1.54) is 19.5 Å². The van der Waals surface area contributed by atoms with Crippen molar-refractivity contribution in [1.29, 1.82) is 0 Å². The van der Waals surface area contributed by atoms with Crippen molar-refractivity contribution in [2.75, 3.05) is 37.5 Å². The Balaban J connectivity index is 1.61. The molecule has 4 rings (SSSR count). The average Bonchev–Trinajstić information content (AvgIpc) is 2.74. The van der Waals surface area contributed by atoms with Gasteiger partial charge in [0.25, 0.3) is 5.88 Å². The number of hydrogen-bond donors (Lipinski definition) is 2. The van der Waals surface area contributed by atoms with E-state index >= 15 is 4.39 Å². The molecule has 0 radical (unpaired) electrons. The number of nitrogens with two attached hydrogens (primary N) is 1. The number of amides is 1. The maximum absolute atomic E-state index is 15.3. The van der Waals surface area contributed by atoms with Crippen molar-refractivity contribution in [2.24, 2.45) is 0 Å². The van der Waals surface area contributed by atoms with Crippen LogP contribution in [-0.4, -0.2) is 71.1 Å². The van der Waals surface area contributed by atoms with E-state index in [-0.39, 0.29) is 35.7 Å². The molecule has 1 amide bonds. The topological polar surface area (TPSA) is 138 Å². The van der Waals surface area contributed by atoms with Gasteiger partial charge in [0.15, 0.2) is 0 Å². The van der Waals surface area contributed by atoms with E-state index in [0.717, 1.165) is 0 Å². The molecule has 2 aromatic rings. The molecular formula is C19H24FN7O4. The van der Waals surface area contributed by atoms with Gasteiger partial charge >= 0.3 is 6.09 Å². The molecule has 1 aliphatic heterocycles. The van der Waals surface area contributed by atoms with Crippen LogP contribution in [0.5, 0.6) is 5.88 Å². The molecule has 0 unspecified atom stereocenters. The van der Waals surface area contributed by atoms with Crippen LogP contribution in [0.2, 0.25) is 0 Å². The molecular weight excluding hydrogens is 409 g/mol. The molecule has 1 saturated carbocycles. The third-order valence-corrected chi connectivity index (χ3v) is 5.26. The van der Waals surface area contributed by atoms with Gasteiger partial charge in [-0.15, -0.1) is 0 Å². The van der Waals surface area contributed by atoms with Gasteiger partial charge < -0.3 is 30.2 Å². The fraction of sp³-hybridized carbons (Fsp3) is 0.526. The number of nitrogen functional groups attached to an aromatic ring is 1. The van der Waals surface area contributed by atoms with Crippen molar-refractivity contribution < 1.29 is 23.4 Å². The molecule has 12 heteroatoms. The number of alkyl carbamates (subject to hydrolysis) is 1. The van der Waals surface area contributed by atoms with E-state index in [2.05, 4.69) is 30.0 Å². The highest BCUT2D eigenvalue weighted by molar-refractivity contribution is 5.67. The number of nitrogens with zero attached hydrogens (tertiary/aromatic N) is 5. The number of methoxy groups -OCH3 is 1. The summed E-state index contributed by atoms with van der Waals surface area (Å²) in [7, 11) is 1.30. The zero-order chi connectivity index (χ0) is 22.0. The van der Waals surface area contributed by atoms with Crippen LogP contribution in [-0.2, 0) is 9.47 Å². The van der Waals surface area contributed by atoms with Crippen LogP contribution in [0, 0.1) is 5.82 Å². The van der Waals surface area contributed by atoms with Gasteiger partial charge in [-0.1, -0.05) is 0 Å². The molecule has 1 atom stereocenters. The number of anilines is 2. The highest BCUT2D eigenvalue weighted by Gasteiger charge is 2.34. The van der Waals surface area contributed by atoms with Crippen LogP contribution in [0.4, 0.5) is 21.1 Å². The smallest absolute Gasteiger partial charge is 0.407 e. The predicted molar refractivity (Wildman–Crippen MR) is 108 cm³/mol. The Kier molecular flexibility index (Phi) is 5.98. The highest BCUT2D eigenvalue weighted by Crippen LogP contribution is 2.33. The van der Waals surface area contributed by atoms with Crippen LogP contribution in [0.1, 0.15) is 19.8 Å². The molecule has 0 aromatic carbocycles. The van der Waals surface area contributed by atoms with Crippen LogP contribution in [0.25, 0.3) is 11.3 Å². The van der Waals surface area contributed by atoms with Crippen molar-refractivity contribution in [3.05, 3.63) is 18.2 Å². The van der Waals surface area contributed by atoms with Crippen LogP contribution in [0.15, 0.2) is 12.4 Å². The first kappa shape index (κ1) is 21.0. The van der Waals surface area contributed by atoms with Crippen molar-refractivity contribution in [3.8, 4) is 17.1 Å². The second-order valence-electron chi connectivity index (χ2n) is 7.48. The highest BCUT2D eigenvalue weighted by atomic mass is 19.1. The summed E-state index contributed by atoms with van der Waals surface area (Å²) in [5.74, 6) is -0.447. The molecule has 1 saturated heterocycles. The molecule has 3 N–H and O–H groups in total. The fourth-order valence-electron chi connectivity index (χ4n) is 3.46. The Morgan fingerprint density at radius 2 is 2.06 bits per heavy atom. The van der Waals surface area contributed by atoms with E-state index in [1.807, 2.05) is 11.8 Å². The predicted octanol–water partition coefficient (Wildman–Crippen LogP) is 1.15. The standard InChI is InChI=1S/C19H24FN7O4/c1-10-9-30-4-3-27(10)18-25-15(11-7-22-17(21)23-8-11)14(20)16(26-18)31-13-5-12(6-13)24-19(28)29-2/h7-8,10,12-13H,3-6,9H2,1-2H3,(H,24,28)(H2,21,22,23)/t10-,12?,13?/m0/s1. The molecule has 2 aliphatic rings. The molecule has 2 aromatic heterocycles. The summed E-state index contributed by atoms with van der Waals surface area (Å²) in [6.45, 7) is 3.58. The normalized spacial score (nSPS) is 23.1. The lowest BCUT2D eigenvalue weighted by Crippen LogP contribution is -2.49.